The molecular formula is C16H23N5. The molecule has 0 aromatic heterocycles. The predicted molar refractivity (Wildman–Crippen MR) is 88.1 cm³/mol. The Labute approximate surface area is 126 Å². The summed E-state index contributed by atoms with van der Waals surface area (Å²) < 4.78 is 0. The van der Waals surface area contributed by atoms with E-state index in [4.69, 9.17) is 0 Å². The molecule has 1 aromatic rings. The molecule has 0 N–H and O–H groups in total. The van der Waals surface area contributed by atoms with Crippen LogP contribution in [0.2, 0.25) is 0 Å². The minimum Gasteiger partial charge on any atom is -0.360 e. The number of piperazine rings is 1. The molecule has 2 aliphatic rings. The van der Waals surface area contributed by atoms with Crippen molar-refractivity contribution >= 4 is 17.9 Å². The molecule has 0 unspecified atom stereocenters. The summed E-state index contributed by atoms with van der Waals surface area (Å²) in [6.07, 6.45) is 2.88. The zero-order valence-electron chi connectivity index (χ0n) is 12.9. The lowest BCUT2D eigenvalue weighted by Gasteiger charge is -2.30. The number of likely N-dealkylation sites (N-methyl/N-ethyl adjacent to an activating group) is 1. The summed E-state index contributed by atoms with van der Waals surface area (Å²) in [5, 5.41) is 6.66. The van der Waals surface area contributed by atoms with Gasteiger partial charge in [0.05, 0.1) is 12.0 Å². The van der Waals surface area contributed by atoms with Gasteiger partial charge in [0.15, 0.2) is 5.84 Å². The first-order valence-corrected chi connectivity index (χ1v) is 7.59. The maximum atomic E-state index is 4.61. The van der Waals surface area contributed by atoms with Crippen molar-refractivity contribution < 1.29 is 0 Å². The van der Waals surface area contributed by atoms with Gasteiger partial charge in [-0.15, -0.1) is 0 Å². The van der Waals surface area contributed by atoms with Gasteiger partial charge in [0.1, 0.15) is 0 Å². The summed E-state index contributed by atoms with van der Waals surface area (Å²) in [6.45, 7) is 7.33. The van der Waals surface area contributed by atoms with Crippen LogP contribution in [0.4, 0.5) is 5.69 Å². The summed E-state index contributed by atoms with van der Waals surface area (Å²) in [4.78, 5) is 9.18. The molecule has 0 amide bonds. The van der Waals surface area contributed by atoms with Gasteiger partial charge in [0.25, 0.3) is 0 Å². The number of nitrogens with zero attached hydrogens (tertiary/aromatic N) is 5. The standard InChI is InChI=1S/C16H23N5/c1-14-4-3-5-15(12-14)21-7-6-16(18-21)17-13-20-10-8-19(2)9-11-20/h3-5,12-13H,6-11H2,1-2H3. The molecule has 2 aliphatic heterocycles. The highest BCUT2D eigenvalue weighted by atomic mass is 15.5. The first kappa shape index (κ1) is 14.1. The smallest absolute Gasteiger partial charge is 0.152 e. The molecule has 112 valence electrons. The van der Waals surface area contributed by atoms with Crippen LogP contribution in [0.3, 0.4) is 0 Å². The maximum Gasteiger partial charge on any atom is 0.152 e. The van der Waals surface area contributed by atoms with E-state index in [0.29, 0.717) is 0 Å². The Morgan fingerprint density at radius 3 is 2.71 bits per heavy atom. The lowest BCUT2D eigenvalue weighted by atomic mass is 10.2. The van der Waals surface area contributed by atoms with Crippen LogP contribution in [0.1, 0.15) is 12.0 Å². The average molecular weight is 285 g/mol. The molecule has 0 spiro atoms. The normalized spacial score (nSPS) is 20.4. The maximum absolute atomic E-state index is 4.61. The van der Waals surface area contributed by atoms with E-state index in [0.717, 1.165) is 50.7 Å². The van der Waals surface area contributed by atoms with Crippen molar-refractivity contribution in [3.05, 3.63) is 29.8 Å². The number of anilines is 1. The fourth-order valence-electron chi connectivity index (χ4n) is 2.60. The van der Waals surface area contributed by atoms with E-state index in [9.17, 15) is 0 Å². The first-order valence-electron chi connectivity index (χ1n) is 7.59. The molecular weight excluding hydrogens is 262 g/mol. The summed E-state index contributed by atoms with van der Waals surface area (Å²) in [6, 6.07) is 8.45. The predicted octanol–water partition coefficient (Wildman–Crippen LogP) is 1.79. The SMILES string of the molecule is Cc1cccc(N2CCC(N=CN3CCN(C)CC3)=N2)c1. The van der Waals surface area contributed by atoms with Gasteiger partial charge in [0, 0.05) is 39.1 Å². The molecule has 0 aliphatic carbocycles. The lowest BCUT2D eigenvalue weighted by Crippen LogP contribution is -2.43. The van der Waals surface area contributed by atoms with Crippen molar-refractivity contribution in [1.29, 1.82) is 0 Å². The van der Waals surface area contributed by atoms with Gasteiger partial charge in [0.2, 0.25) is 0 Å². The molecule has 0 saturated carbocycles. The van der Waals surface area contributed by atoms with E-state index in [1.54, 1.807) is 0 Å². The van der Waals surface area contributed by atoms with Gasteiger partial charge >= 0.3 is 0 Å². The van der Waals surface area contributed by atoms with Gasteiger partial charge in [-0.3, -0.25) is 5.01 Å². The molecule has 5 heteroatoms. The van der Waals surface area contributed by atoms with Crippen LogP contribution in [-0.4, -0.2) is 61.7 Å². The van der Waals surface area contributed by atoms with Crippen molar-refractivity contribution in [2.24, 2.45) is 10.1 Å². The second kappa shape index (κ2) is 6.26. The molecule has 1 fully saturated rings. The van der Waals surface area contributed by atoms with Crippen molar-refractivity contribution in [2.45, 2.75) is 13.3 Å². The van der Waals surface area contributed by atoms with Crippen LogP contribution in [0, 0.1) is 6.92 Å². The van der Waals surface area contributed by atoms with Gasteiger partial charge in [-0.25, -0.2) is 4.99 Å². The van der Waals surface area contributed by atoms with Crippen LogP contribution < -0.4 is 5.01 Å². The van der Waals surface area contributed by atoms with Crippen LogP contribution in [0.15, 0.2) is 34.4 Å². The lowest BCUT2D eigenvalue weighted by molar-refractivity contribution is 0.219. The van der Waals surface area contributed by atoms with E-state index in [1.165, 1.54) is 5.56 Å². The number of aliphatic imine (C=N–C) groups is 1. The second-order valence-corrected chi connectivity index (χ2v) is 5.81. The highest BCUT2D eigenvalue weighted by Gasteiger charge is 2.16. The number of hydrogen-bond donors (Lipinski definition) is 0. The van der Waals surface area contributed by atoms with Crippen LogP contribution >= 0.6 is 0 Å². The van der Waals surface area contributed by atoms with E-state index in [-0.39, 0.29) is 0 Å². The summed E-state index contributed by atoms with van der Waals surface area (Å²) in [7, 11) is 2.16. The number of rotatable bonds is 2. The van der Waals surface area contributed by atoms with Crippen molar-refractivity contribution in [3.8, 4) is 0 Å². The third-order valence-electron chi connectivity index (χ3n) is 3.99. The number of hydrogen-bond acceptors (Lipinski definition) is 4. The summed E-state index contributed by atoms with van der Waals surface area (Å²) in [5.41, 5.74) is 2.41. The Morgan fingerprint density at radius 1 is 1.14 bits per heavy atom. The van der Waals surface area contributed by atoms with Gasteiger partial charge in [-0.2, -0.15) is 5.10 Å². The quantitative estimate of drug-likeness (QED) is 0.614. The second-order valence-electron chi connectivity index (χ2n) is 5.81. The van der Waals surface area contributed by atoms with Gasteiger partial charge in [-0.1, -0.05) is 12.1 Å². The molecule has 21 heavy (non-hydrogen) atoms. The van der Waals surface area contributed by atoms with Crippen LogP contribution in [-0.2, 0) is 0 Å². The van der Waals surface area contributed by atoms with Crippen molar-refractivity contribution in [3.63, 3.8) is 0 Å². The largest absolute Gasteiger partial charge is 0.360 e. The number of hydrazone groups is 1. The topological polar surface area (TPSA) is 34.4 Å². The van der Waals surface area contributed by atoms with Crippen molar-refractivity contribution in [1.82, 2.24) is 9.80 Å². The fraction of sp³-hybridized carbons (Fsp3) is 0.500. The Morgan fingerprint density at radius 2 is 1.95 bits per heavy atom. The third kappa shape index (κ3) is 3.61. The number of amidine groups is 1. The van der Waals surface area contributed by atoms with Crippen molar-refractivity contribution in [2.75, 3.05) is 44.8 Å². The first-order chi connectivity index (χ1) is 10.2. The Hall–Kier alpha value is -1.88. The van der Waals surface area contributed by atoms with E-state index in [2.05, 4.69) is 58.1 Å². The highest BCUT2D eigenvalue weighted by Crippen LogP contribution is 2.20. The average Bonchev–Trinajstić information content (AvgIpc) is 2.96. The van der Waals surface area contributed by atoms with Gasteiger partial charge < -0.3 is 9.80 Å². The van der Waals surface area contributed by atoms with E-state index in [1.807, 2.05) is 11.3 Å². The Bertz CT molecular complexity index is 543. The zero-order chi connectivity index (χ0) is 14.7. The molecule has 0 bridgehead atoms. The minimum atomic E-state index is 0.915. The number of aryl methyl sites for hydroxylation is 1. The molecule has 1 aromatic carbocycles. The summed E-state index contributed by atoms with van der Waals surface area (Å²) >= 11 is 0. The number of benzene rings is 1. The minimum absolute atomic E-state index is 0.915. The molecule has 0 radical (unpaired) electrons. The van der Waals surface area contributed by atoms with E-state index < -0.39 is 0 Å². The molecule has 2 heterocycles. The summed E-state index contributed by atoms with van der Waals surface area (Å²) in [5.74, 6) is 0.926. The zero-order valence-corrected chi connectivity index (χ0v) is 12.9. The van der Waals surface area contributed by atoms with Gasteiger partial charge in [-0.05, 0) is 31.7 Å². The van der Waals surface area contributed by atoms with E-state index >= 15 is 0 Å². The van der Waals surface area contributed by atoms with Crippen LogP contribution in [0.25, 0.3) is 0 Å². The molecule has 3 rings (SSSR count). The Kier molecular flexibility index (Phi) is 4.20. The van der Waals surface area contributed by atoms with Crippen LogP contribution in [0.5, 0.6) is 0 Å². The highest BCUT2D eigenvalue weighted by molar-refractivity contribution is 5.91. The third-order valence-corrected chi connectivity index (χ3v) is 3.99. The molecule has 5 nitrogen and oxygen atoms in total. The monoisotopic (exact) mass is 285 g/mol. The molecule has 1 saturated heterocycles. The molecule has 0 atom stereocenters. The fourth-order valence-corrected chi connectivity index (χ4v) is 2.60. The Balaban J connectivity index is 1.61.